The topological polar surface area (TPSA) is 117 Å². The van der Waals surface area contributed by atoms with Crippen LogP contribution in [0.1, 0.15) is 28.4 Å². The number of anilines is 3. The van der Waals surface area contributed by atoms with Crippen LogP contribution in [0.25, 0.3) is 11.3 Å². The Morgan fingerprint density at radius 3 is 2.40 bits per heavy atom. The molecule has 2 heterocycles. The van der Waals surface area contributed by atoms with Crippen LogP contribution in [0.3, 0.4) is 0 Å². The molecule has 2 aliphatic rings. The number of carbonyl (C=O) groups is 2. The maximum absolute atomic E-state index is 13.3. The van der Waals surface area contributed by atoms with E-state index in [0.717, 1.165) is 18.7 Å². The first-order valence-corrected chi connectivity index (χ1v) is 15.7. The molecule has 3 aromatic rings. The van der Waals surface area contributed by atoms with Crippen molar-refractivity contribution in [1.29, 1.82) is 0 Å². The lowest BCUT2D eigenvalue weighted by molar-refractivity contribution is -0.110. The summed E-state index contributed by atoms with van der Waals surface area (Å²) in [4.78, 5) is 27.7. The van der Waals surface area contributed by atoms with Gasteiger partial charge in [-0.2, -0.15) is 0 Å². The number of morpholine rings is 1. The van der Waals surface area contributed by atoms with Gasteiger partial charge in [-0.05, 0) is 48.9 Å². The van der Waals surface area contributed by atoms with Crippen LogP contribution in [0.4, 0.5) is 17.1 Å². The van der Waals surface area contributed by atoms with E-state index in [-0.39, 0.29) is 12.5 Å². The predicted molar refractivity (Wildman–Crippen MR) is 164 cm³/mol. The number of carbonyl (C=O) groups excluding carboxylic acids is 2. The summed E-state index contributed by atoms with van der Waals surface area (Å²) in [6, 6.07) is 21.6. The minimum atomic E-state index is -3.51. The molecule has 0 spiro atoms. The van der Waals surface area contributed by atoms with Crippen molar-refractivity contribution in [3.05, 3.63) is 89.5 Å². The Bertz CT molecular complexity index is 1580. The maximum atomic E-state index is 13.3. The predicted octanol–water partition coefficient (Wildman–Crippen LogP) is 3.89. The zero-order valence-corrected chi connectivity index (χ0v) is 24.4. The number of nitrogens with one attached hydrogen (secondary N) is 2. The number of ether oxygens (including phenoxy) is 2. The molecule has 220 valence electrons. The van der Waals surface area contributed by atoms with Crippen molar-refractivity contribution in [2.45, 2.75) is 6.92 Å². The van der Waals surface area contributed by atoms with E-state index in [1.807, 2.05) is 30.3 Å². The van der Waals surface area contributed by atoms with Crippen molar-refractivity contribution in [2.75, 3.05) is 67.2 Å². The largest absolute Gasteiger partial charge is 0.462 e. The summed E-state index contributed by atoms with van der Waals surface area (Å²) in [5.74, 6) is -0.762. The van der Waals surface area contributed by atoms with Gasteiger partial charge in [-0.25, -0.2) is 13.2 Å². The summed E-state index contributed by atoms with van der Waals surface area (Å²) in [7, 11) is -3.51. The van der Waals surface area contributed by atoms with Gasteiger partial charge in [-0.15, -0.1) is 0 Å². The molecule has 0 aromatic heterocycles. The molecule has 1 fully saturated rings. The van der Waals surface area contributed by atoms with E-state index in [2.05, 4.69) is 15.5 Å². The van der Waals surface area contributed by atoms with Crippen LogP contribution in [0, 0.1) is 0 Å². The first-order chi connectivity index (χ1) is 20.2. The van der Waals surface area contributed by atoms with Crippen LogP contribution >= 0.6 is 0 Å². The van der Waals surface area contributed by atoms with E-state index in [9.17, 15) is 18.0 Å². The van der Waals surface area contributed by atoms with E-state index < -0.39 is 16.0 Å². The van der Waals surface area contributed by atoms with E-state index >= 15 is 0 Å². The molecule has 0 atom stereocenters. The molecule has 3 aromatic carbocycles. The monoisotopic (exact) mass is 590 g/mol. The Balaban J connectivity index is 1.45. The van der Waals surface area contributed by atoms with E-state index in [1.165, 1.54) is 10.6 Å². The first kappa shape index (κ1) is 29.3. The van der Waals surface area contributed by atoms with E-state index in [4.69, 9.17) is 9.47 Å². The van der Waals surface area contributed by atoms with Crippen molar-refractivity contribution < 1.29 is 27.5 Å². The van der Waals surface area contributed by atoms with Crippen LogP contribution < -0.4 is 14.9 Å². The fraction of sp³-hybridized carbons (Fsp3) is 0.290. The fourth-order valence-corrected chi connectivity index (χ4v) is 5.96. The van der Waals surface area contributed by atoms with E-state index in [0.29, 0.717) is 65.8 Å². The molecule has 5 rings (SSSR count). The molecule has 10 nitrogen and oxygen atoms in total. The minimum absolute atomic E-state index is 0.254. The Morgan fingerprint density at radius 2 is 1.74 bits per heavy atom. The van der Waals surface area contributed by atoms with Gasteiger partial charge in [-0.1, -0.05) is 36.4 Å². The Morgan fingerprint density at radius 1 is 1.02 bits per heavy atom. The van der Waals surface area contributed by atoms with Gasteiger partial charge >= 0.3 is 5.97 Å². The lowest BCUT2D eigenvalue weighted by Crippen LogP contribution is -2.43. The minimum Gasteiger partial charge on any atom is -0.462 e. The molecule has 1 amide bonds. The van der Waals surface area contributed by atoms with Gasteiger partial charge in [0.05, 0.1) is 54.3 Å². The van der Waals surface area contributed by atoms with Gasteiger partial charge in [0.15, 0.2) is 0 Å². The van der Waals surface area contributed by atoms with Crippen molar-refractivity contribution in [3.8, 4) is 0 Å². The van der Waals surface area contributed by atoms with Gasteiger partial charge in [-0.3, -0.25) is 14.0 Å². The lowest BCUT2D eigenvalue weighted by atomic mass is 9.99. The second kappa shape index (κ2) is 12.8. The highest BCUT2D eigenvalue weighted by atomic mass is 32.2. The molecule has 0 unspecified atom stereocenters. The Hall–Kier alpha value is -4.19. The van der Waals surface area contributed by atoms with Crippen molar-refractivity contribution in [3.63, 3.8) is 0 Å². The number of rotatable bonds is 10. The number of hydrogen-bond acceptors (Lipinski definition) is 8. The SMILES string of the molecule is CCOC(=O)c1ccc2c(c1)NC(=O)C2=C(Nc1ccc(N(CCN2CCOCC2)S(C)(=O)=O)cc1)c1ccccc1. The molecule has 11 heteroatoms. The summed E-state index contributed by atoms with van der Waals surface area (Å²) >= 11 is 0. The summed E-state index contributed by atoms with van der Waals surface area (Å²) in [5, 5.41) is 6.26. The molecule has 42 heavy (non-hydrogen) atoms. The molecule has 0 aliphatic carbocycles. The third-order valence-electron chi connectivity index (χ3n) is 7.14. The van der Waals surface area contributed by atoms with Crippen molar-refractivity contribution >= 4 is 50.2 Å². The fourth-order valence-electron chi connectivity index (χ4n) is 5.05. The quantitative estimate of drug-likeness (QED) is 0.270. The van der Waals surface area contributed by atoms with Crippen LogP contribution in [0.15, 0.2) is 72.8 Å². The first-order valence-electron chi connectivity index (χ1n) is 13.8. The molecule has 2 aliphatic heterocycles. The smallest absolute Gasteiger partial charge is 0.338 e. The average molecular weight is 591 g/mol. The van der Waals surface area contributed by atoms with Crippen LogP contribution in [-0.4, -0.2) is 77.4 Å². The Kier molecular flexibility index (Phi) is 8.91. The second-order valence-corrected chi connectivity index (χ2v) is 11.9. The number of amides is 1. The molecular formula is C31H34N4O6S. The normalized spacial score (nSPS) is 16.4. The van der Waals surface area contributed by atoms with Gasteiger partial charge < -0.3 is 20.1 Å². The molecule has 0 radical (unpaired) electrons. The number of fused-ring (bicyclic) bond motifs is 1. The van der Waals surface area contributed by atoms with Gasteiger partial charge in [0, 0.05) is 37.4 Å². The molecule has 0 bridgehead atoms. The molecule has 1 saturated heterocycles. The molecular weight excluding hydrogens is 556 g/mol. The van der Waals surface area contributed by atoms with E-state index in [1.54, 1.807) is 49.4 Å². The number of esters is 1. The van der Waals surface area contributed by atoms with Gasteiger partial charge in [0.2, 0.25) is 10.0 Å². The zero-order chi connectivity index (χ0) is 29.7. The second-order valence-electron chi connectivity index (χ2n) is 10.0. The number of hydrogen-bond donors (Lipinski definition) is 2. The zero-order valence-electron chi connectivity index (χ0n) is 23.6. The number of benzene rings is 3. The number of nitrogens with zero attached hydrogens (tertiary/aromatic N) is 2. The summed E-state index contributed by atoms with van der Waals surface area (Å²) in [6.07, 6.45) is 1.21. The lowest BCUT2D eigenvalue weighted by Gasteiger charge is -2.30. The van der Waals surface area contributed by atoms with Crippen molar-refractivity contribution in [1.82, 2.24) is 4.90 Å². The highest BCUT2D eigenvalue weighted by Crippen LogP contribution is 2.38. The third kappa shape index (κ3) is 6.64. The Labute approximate surface area is 246 Å². The maximum Gasteiger partial charge on any atom is 0.338 e. The van der Waals surface area contributed by atoms with Crippen molar-refractivity contribution in [2.24, 2.45) is 0 Å². The van der Waals surface area contributed by atoms with Crippen LogP contribution in [-0.2, 0) is 24.3 Å². The summed E-state index contributed by atoms with van der Waals surface area (Å²) < 4.78 is 37.2. The van der Waals surface area contributed by atoms with Crippen LogP contribution in [0.5, 0.6) is 0 Å². The molecule has 2 N–H and O–H groups in total. The third-order valence-corrected chi connectivity index (χ3v) is 8.33. The summed E-state index contributed by atoms with van der Waals surface area (Å²) in [6.45, 7) is 5.77. The average Bonchev–Trinajstić information content (AvgIpc) is 3.31. The van der Waals surface area contributed by atoms with Crippen LogP contribution in [0.2, 0.25) is 0 Å². The standard InChI is InChI=1S/C31H34N4O6S/c1-3-41-31(37)23-9-14-26-27(21-23)33-30(36)28(26)29(22-7-5-4-6-8-22)32-24-10-12-25(13-11-24)35(42(2,38)39)16-15-34-17-19-40-20-18-34/h4-14,21,32H,3,15-20H2,1-2H3,(H,33,36). The highest BCUT2D eigenvalue weighted by molar-refractivity contribution is 7.92. The highest BCUT2D eigenvalue weighted by Gasteiger charge is 2.29. The van der Waals surface area contributed by atoms with Gasteiger partial charge in [0.1, 0.15) is 0 Å². The summed E-state index contributed by atoms with van der Waals surface area (Å²) in [5.41, 5.74) is 4.56. The van der Waals surface area contributed by atoms with Gasteiger partial charge in [0.25, 0.3) is 5.91 Å². The molecule has 0 saturated carbocycles. The number of sulfonamides is 1.